The highest BCUT2D eigenvalue weighted by Gasteiger charge is 2.33. The van der Waals surface area contributed by atoms with Crippen LogP contribution in [0, 0.1) is 0 Å². The Morgan fingerprint density at radius 2 is 1.86 bits per heavy atom. The average Bonchev–Trinajstić information content (AvgIpc) is 2.36. The van der Waals surface area contributed by atoms with E-state index < -0.39 is 18.2 Å². The number of rotatable bonds is 3. The molecule has 1 aromatic carbocycles. The predicted octanol–water partition coefficient (Wildman–Crippen LogP) is 4.59. The molecule has 1 atom stereocenters. The van der Waals surface area contributed by atoms with Crippen LogP contribution >= 0.6 is 31.9 Å². The van der Waals surface area contributed by atoms with Crippen molar-refractivity contribution in [2.24, 2.45) is 0 Å². The van der Waals surface area contributed by atoms with Crippen molar-refractivity contribution >= 4 is 31.9 Å². The minimum Gasteiger partial charge on any atom is -0.405 e. The van der Waals surface area contributed by atoms with Gasteiger partial charge in [0.05, 0.1) is 5.69 Å². The molecule has 0 saturated heterocycles. The highest BCUT2D eigenvalue weighted by atomic mass is 79.9. The molecule has 0 radical (unpaired) electrons. The van der Waals surface area contributed by atoms with Crippen LogP contribution in [0.25, 0.3) is 0 Å². The lowest BCUT2D eigenvalue weighted by atomic mass is 10.0. The second-order valence-corrected chi connectivity index (χ2v) is 5.78. The van der Waals surface area contributed by atoms with Crippen molar-refractivity contribution in [1.82, 2.24) is 4.98 Å². The van der Waals surface area contributed by atoms with E-state index in [0.717, 1.165) is 6.07 Å². The highest BCUT2D eigenvalue weighted by molar-refractivity contribution is 9.11. The van der Waals surface area contributed by atoms with E-state index in [1.807, 2.05) is 0 Å². The van der Waals surface area contributed by atoms with Crippen molar-refractivity contribution < 1.29 is 23.0 Å². The molecule has 21 heavy (non-hydrogen) atoms. The zero-order valence-corrected chi connectivity index (χ0v) is 13.4. The first kappa shape index (κ1) is 16.3. The third kappa shape index (κ3) is 4.18. The van der Waals surface area contributed by atoms with Gasteiger partial charge in [0.25, 0.3) is 0 Å². The second kappa shape index (κ2) is 6.33. The molecule has 0 saturated carbocycles. The lowest BCUT2D eigenvalue weighted by Crippen LogP contribution is -2.19. The van der Waals surface area contributed by atoms with Crippen LogP contribution in [-0.2, 0) is 0 Å². The summed E-state index contributed by atoms with van der Waals surface area (Å²) in [7, 11) is 0. The molecular formula is C13H8Br2F3NO2. The number of nitrogens with zero attached hydrogens (tertiary/aromatic N) is 1. The Morgan fingerprint density at radius 3 is 2.48 bits per heavy atom. The topological polar surface area (TPSA) is 42.4 Å². The Labute approximate surface area is 135 Å². The van der Waals surface area contributed by atoms with Crippen molar-refractivity contribution in [3.8, 4) is 5.75 Å². The van der Waals surface area contributed by atoms with Crippen molar-refractivity contribution in [2.45, 2.75) is 12.5 Å². The molecule has 0 fully saturated rings. The van der Waals surface area contributed by atoms with Gasteiger partial charge in [-0.2, -0.15) is 0 Å². The minimum absolute atomic E-state index is 0.0228. The molecule has 1 aromatic heterocycles. The van der Waals surface area contributed by atoms with E-state index in [1.165, 1.54) is 24.4 Å². The van der Waals surface area contributed by atoms with Crippen LogP contribution < -0.4 is 4.74 Å². The van der Waals surface area contributed by atoms with Crippen molar-refractivity contribution in [3.05, 3.63) is 56.7 Å². The lowest BCUT2D eigenvalue weighted by Gasteiger charge is -2.17. The van der Waals surface area contributed by atoms with Gasteiger partial charge in [0.1, 0.15) is 11.9 Å². The molecular weight excluding hydrogens is 419 g/mol. The quantitative estimate of drug-likeness (QED) is 0.780. The summed E-state index contributed by atoms with van der Waals surface area (Å²) in [6.07, 6.45) is -4.75. The Bertz CT molecular complexity index is 650. The summed E-state index contributed by atoms with van der Waals surface area (Å²) in [5.74, 6) is -0.464. The van der Waals surface area contributed by atoms with Gasteiger partial charge in [0, 0.05) is 20.7 Å². The number of alkyl halides is 3. The smallest absolute Gasteiger partial charge is 0.405 e. The van der Waals surface area contributed by atoms with Gasteiger partial charge in [-0.25, -0.2) is 0 Å². The van der Waals surface area contributed by atoms with Gasteiger partial charge in [0.2, 0.25) is 0 Å². The Morgan fingerprint density at radius 1 is 1.19 bits per heavy atom. The van der Waals surface area contributed by atoms with Crippen molar-refractivity contribution in [3.63, 3.8) is 0 Å². The molecule has 112 valence electrons. The predicted molar refractivity (Wildman–Crippen MR) is 76.8 cm³/mol. The zero-order valence-electron chi connectivity index (χ0n) is 10.2. The molecule has 0 amide bonds. The first-order valence-electron chi connectivity index (χ1n) is 5.61. The number of pyridine rings is 1. The van der Waals surface area contributed by atoms with E-state index in [9.17, 15) is 18.3 Å². The van der Waals surface area contributed by atoms with Crippen LogP contribution in [-0.4, -0.2) is 16.5 Å². The number of aliphatic hydroxyl groups is 1. The molecule has 1 heterocycles. The molecule has 2 aromatic rings. The third-order valence-electron chi connectivity index (χ3n) is 2.53. The summed E-state index contributed by atoms with van der Waals surface area (Å²) in [4.78, 5) is 4.01. The number of aromatic nitrogens is 1. The van der Waals surface area contributed by atoms with E-state index >= 15 is 0 Å². The molecule has 0 aliphatic heterocycles. The third-order valence-corrected chi connectivity index (χ3v) is 3.60. The number of hydrogen-bond donors (Lipinski definition) is 1. The highest BCUT2D eigenvalue weighted by Crippen LogP contribution is 2.35. The van der Waals surface area contributed by atoms with Crippen LogP contribution in [0.2, 0.25) is 0 Å². The minimum atomic E-state index is -4.83. The average molecular weight is 427 g/mol. The fourth-order valence-corrected chi connectivity index (χ4v) is 2.90. The first-order chi connectivity index (χ1) is 9.78. The Kier molecular flexibility index (Phi) is 4.90. The SMILES string of the molecule is OC(c1ccccc1OC(F)(F)F)c1ncc(Br)cc1Br. The van der Waals surface area contributed by atoms with Crippen LogP contribution in [0.1, 0.15) is 17.4 Å². The fourth-order valence-electron chi connectivity index (χ4n) is 1.70. The van der Waals surface area contributed by atoms with E-state index in [0.29, 0.717) is 8.95 Å². The summed E-state index contributed by atoms with van der Waals surface area (Å²) in [5.41, 5.74) is 0.168. The van der Waals surface area contributed by atoms with Crippen LogP contribution in [0.3, 0.4) is 0 Å². The van der Waals surface area contributed by atoms with Gasteiger partial charge in [-0.15, -0.1) is 13.2 Å². The molecule has 0 aliphatic rings. The second-order valence-electron chi connectivity index (χ2n) is 4.01. The maximum atomic E-state index is 12.4. The van der Waals surface area contributed by atoms with E-state index in [2.05, 4.69) is 41.6 Å². The standard InChI is InChI=1S/C13H8Br2F3NO2/c14-7-5-9(15)11(19-6-7)12(20)8-3-1-2-4-10(8)21-13(16,17)18/h1-6,12,20H. The largest absolute Gasteiger partial charge is 0.573 e. The van der Waals surface area contributed by atoms with E-state index in [1.54, 1.807) is 6.07 Å². The number of halogens is 5. The normalized spacial score (nSPS) is 13.0. The molecule has 0 aliphatic carbocycles. The number of ether oxygens (including phenoxy) is 1. The number of hydrogen-bond acceptors (Lipinski definition) is 3. The Hall–Kier alpha value is -1.12. The number of para-hydroxylation sites is 1. The zero-order chi connectivity index (χ0) is 15.6. The summed E-state index contributed by atoms with van der Waals surface area (Å²) < 4.78 is 42.2. The molecule has 1 N–H and O–H groups in total. The molecule has 0 spiro atoms. The molecule has 3 nitrogen and oxygen atoms in total. The fraction of sp³-hybridized carbons (Fsp3) is 0.154. The van der Waals surface area contributed by atoms with Crippen LogP contribution in [0.5, 0.6) is 5.75 Å². The van der Waals surface area contributed by atoms with Crippen molar-refractivity contribution in [2.75, 3.05) is 0 Å². The lowest BCUT2D eigenvalue weighted by molar-refractivity contribution is -0.275. The van der Waals surface area contributed by atoms with Gasteiger partial charge in [0.15, 0.2) is 0 Å². The van der Waals surface area contributed by atoms with Gasteiger partial charge in [-0.3, -0.25) is 4.98 Å². The maximum Gasteiger partial charge on any atom is 0.573 e. The number of aliphatic hydroxyl groups excluding tert-OH is 1. The first-order valence-corrected chi connectivity index (χ1v) is 7.20. The van der Waals surface area contributed by atoms with Crippen LogP contribution in [0.4, 0.5) is 13.2 Å². The monoisotopic (exact) mass is 425 g/mol. The van der Waals surface area contributed by atoms with Crippen molar-refractivity contribution in [1.29, 1.82) is 0 Å². The summed E-state index contributed by atoms with van der Waals surface area (Å²) >= 11 is 6.42. The molecule has 2 rings (SSSR count). The molecule has 1 unspecified atom stereocenters. The summed E-state index contributed by atoms with van der Waals surface area (Å²) in [6.45, 7) is 0. The van der Waals surface area contributed by atoms with Crippen LogP contribution in [0.15, 0.2) is 45.5 Å². The summed E-state index contributed by atoms with van der Waals surface area (Å²) in [5, 5.41) is 10.3. The Balaban J connectivity index is 2.41. The maximum absolute atomic E-state index is 12.4. The number of benzene rings is 1. The van der Waals surface area contributed by atoms with Gasteiger partial charge >= 0.3 is 6.36 Å². The van der Waals surface area contributed by atoms with Gasteiger partial charge in [-0.1, -0.05) is 18.2 Å². The molecule has 0 bridgehead atoms. The van der Waals surface area contributed by atoms with Gasteiger partial charge in [-0.05, 0) is 44.0 Å². The summed E-state index contributed by atoms with van der Waals surface area (Å²) in [6, 6.07) is 7.02. The molecule has 8 heteroatoms. The van der Waals surface area contributed by atoms with E-state index in [-0.39, 0.29) is 11.3 Å². The van der Waals surface area contributed by atoms with Gasteiger partial charge < -0.3 is 9.84 Å². The van der Waals surface area contributed by atoms with E-state index in [4.69, 9.17) is 0 Å².